The highest BCUT2D eigenvalue weighted by Crippen LogP contribution is 2.25. The Balaban J connectivity index is 2.37. The summed E-state index contributed by atoms with van der Waals surface area (Å²) in [6, 6.07) is 10.6. The van der Waals surface area contributed by atoms with Crippen molar-refractivity contribution in [3.05, 3.63) is 48.3 Å². The largest absolute Gasteiger partial charge is 0.255 e. The lowest BCUT2D eigenvalue weighted by atomic mass is 10.0. The lowest BCUT2D eigenvalue weighted by molar-refractivity contribution is 0.868. The molecule has 0 saturated heterocycles. The number of hydrogen-bond acceptors (Lipinski definition) is 2. The van der Waals surface area contributed by atoms with E-state index >= 15 is 0 Å². The molecule has 0 atom stereocenters. The Hall–Kier alpha value is -1.96. The maximum absolute atomic E-state index is 4.49. The number of fused-ring (bicyclic) bond motifs is 3. The summed E-state index contributed by atoms with van der Waals surface area (Å²) in [5.74, 6) is 0.533. The van der Waals surface area contributed by atoms with Crippen molar-refractivity contribution in [2.75, 3.05) is 0 Å². The van der Waals surface area contributed by atoms with Crippen LogP contribution < -0.4 is 0 Å². The van der Waals surface area contributed by atoms with Gasteiger partial charge in [0.1, 0.15) is 0 Å². The lowest BCUT2D eigenvalue weighted by Gasteiger charge is -2.07. The van der Waals surface area contributed by atoms with Crippen molar-refractivity contribution in [2.24, 2.45) is 0 Å². The van der Waals surface area contributed by atoms with Crippen LogP contribution in [0.4, 0.5) is 0 Å². The van der Waals surface area contributed by atoms with Crippen molar-refractivity contribution in [2.45, 2.75) is 19.8 Å². The molecule has 2 heterocycles. The zero-order chi connectivity index (χ0) is 11.8. The summed E-state index contributed by atoms with van der Waals surface area (Å²) in [6.07, 6.45) is 3.65. The summed E-state index contributed by atoms with van der Waals surface area (Å²) in [5, 5.41) is 2.35. The van der Waals surface area contributed by atoms with Crippen LogP contribution in [0.2, 0.25) is 0 Å². The molecule has 0 aliphatic heterocycles. The molecule has 3 aromatic rings. The van der Waals surface area contributed by atoms with E-state index in [1.807, 2.05) is 12.3 Å². The van der Waals surface area contributed by atoms with E-state index in [-0.39, 0.29) is 0 Å². The third-order valence-corrected chi connectivity index (χ3v) is 3.14. The van der Waals surface area contributed by atoms with Crippen molar-refractivity contribution < 1.29 is 0 Å². The molecule has 0 amide bonds. The Kier molecular flexibility index (Phi) is 2.29. The van der Waals surface area contributed by atoms with Gasteiger partial charge in [-0.2, -0.15) is 0 Å². The highest BCUT2D eigenvalue weighted by Gasteiger charge is 2.04. The monoisotopic (exact) mass is 222 g/mol. The summed E-state index contributed by atoms with van der Waals surface area (Å²) < 4.78 is 0. The Morgan fingerprint density at radius 3 is 2.59 bits per heavy atom. The van der Waals surface area contributed by atoms with Crippen molar-refractivity contribution in [3.8, 4) is 0 Å². The van der Waals surface area contributed by atoms with E-state index < -0.39 is 0 Å². The minimum Gasteiger partial charge on any atom is -0.255 e. The van der Waals surface area contributed by atoms with E-state index in [4.69, 9.17) is 0 Å². The second-order valence-corrected chi connectivity index (χ2v) is 4.63. The van der Waals surface area contributed by atoms with Gasteiger partial charge < -0.3 is 0 Å². The molecule has 0 radical (unpaired) electrons. The van der Waals surface area contributed by atoms with Gasteiger partial charge in [0, 0.05) is 17.0 Å². The van der Waals surface area contributed by atoms with E-state index in [0.717, 1.165) is 11.0 Å². The van der Waals surface area contributed by atoms with Crippen molar-refractivity contribution in [1.29, 1.82) is 0 Å². The molecule has 17 heavy (non-hydrogen) atoms. The third-order valence-electron chi connectivity index (χ3n) is 3.14. The van der Waals surface area contributed by atoms with Crippen LogP contribution >= 0.6 is 0 Å². The number of aromatic nitrogens is 2. The smallest absolute Gasteiger partial charge is 0.0891 e. The van der Waals surface area contributed by atoms with Crippen LogP contribution in [-0.2, 0) is 0 Å². The Labute approximate surface area is 100 Å². The topological polar surface area (TPSA) is 25.8 Å². The molecule has 0 aliphatic carbocycles. The Bertz CT molecular complexity index is 687. The van der Waals surface area contributed by atoms with Gasteiger partial charge in [-0.15, -0.1) is 0 Å². The standard InChI is InChI=1S/C15H14N2/c1-10(2)11-5-6-13-12-4-3-7-16-15(12)9-17-14(13)8-11/h3-10H,1-2H3. The third kappa shape index (κ3) is 1.66. The molecule has 1 aromatic carbocycles. The van der Waals surface area contributed by atoms with Crippen molar-refractivity contribution >= 4 is 21.8 Å². The lowest BCUT2D eigenvalue weighted by Crippen LogP contribution is -1.89. The van der Waals surface area contributed by atoms with Crippen LogP contribution in [0.1, 0.15) is 25.3 Å². The maximum Gasteiger partial charge on any atom is 0.0891 e. The zero-order valence-corrected chi connectivity index (χ0v) is 10.0. The van der Waals surface area contributed by atoms with Gasteiger partial charge in [0.15, 0.2) is 0 Å². The van der Waals surface area contributed by atoms with Crippen LogP contribution in [0.3, 0.4) is 0 Å². The fourth-order valence-corrected chi connectivity index (χ4v) is 2.12. The molecule has 2 nitrogen and oxygen atoms in total. The van der Waals surface area contributed by atoms with Gasteiger partial charge in [-0.05, 0) is 23.6 Å². The van der Waals surface area contributed by atoms with Gasteiger partial charge in [0.05, 0.1) is 17.2 Å². The first-order valence-corrected chi connectivity index (χ1v) is 5.89. The van der Waals surface area contributed by atoms with Crippen LogP contribution in [-0.4, -0.2) is 9.97 Å². The van der Waals surface area contributed by atoms with Gasteiger partial charge in [0.25, 0.3) is 0 Å². The number of hydrogen-bond donors (Lipinski definition) is 0. The fourth-order valence-electron chi connectivity index (χ4n) is 2.12. The fraction of sp³-hybridized carbons (Fsp3) is 0.200. The average Bonchev–Trinajstić information content (AvgIpc) is 2.38. The average molecular weight is 222 g/mol. The van der Waals surface area contributed by atoms with E-state index in [9.17, 15) is 0 Å². The van der Waals surface area contributed by atoms with E-state index in [0.29, 0.717) is 5.92 Å². The molecular formula is C15H14N2. The molecule has 2 aromatic heterocycles. The molecule has 0 saturated carbocycles. The molecule has 0 bridgehead atoms. The second kappa shape index (κ2) is 3.81. The molecular weight excluding hydrogens is 208 g/mol. The molecule has 0 aliphatic rings. The van der Waals surface area contributed by atoms with Gasteiger partial charge in [-0.3, -0.25) is 9.97 Å². The molecule has 0 spiro atoms. The summed E-state index contributed by atoms with van der Waals surface area (Å²) >= 11 is 0. The SMILES string of the molecule is CC(C)c1ccc2c(c1)ncc1ncccc12. The number of pyridine rings is 2. The molecule has 3 rings (SSSR count). The first-order valence-electron chi connectivity index (χ1n) is 5.89. The highest BCUT2D eigenvalue weighted by atomic mass is 14.7. The number of rotatable bonds is 1. The van der Waals surface area contributed by atoms with Crippen LogP contribution in [0.15, 0.2) is 42.7 Å². The first-order chi connectivity index (χ1) is 8.25. The predicted molar refractivity (Wildman–Crippen MR) is 71.1 cm³/mol. The Morgan fingerprint density at radius 2 is 1.76 bits per heavy atom. The molecule has 84 valence electrons. The highest BCUT2D eigenvalue weighted by molar-refractivity contribution is 6.03. The quantitative estimate of drug-likeness (QED) is 0.583. The van der Waals surface area contributed by atoms with E-state index in [1.165, 1.54) is 16.3 Å². The number of benzene rings is 1. The Morgan fingerprint density at radius 1 is 0.941 bits per heavy atom. The number of nitrogens with zero attached hydrogens (tertiary/aromatic N) is 2. The molecule has 0 N–H and O–H groups in total. The minimum atomic E-state index is 0.533. The van der Waals surface area contributed by atoms with Gasteiger partial charge in [-0.25, -0.2) is 0 Å². The van der Waals surface area contributed by atoms with Gasteiger partial charge >= 0.3 is 0 Å². The van der Waals surface area contributed by atoms with E-state index in [2.05, 4.69) is 48.1 Å². The van der Waals surface area contributed by atoms with Gasteiger partial charge in [0.2, 0.25) is 0 Å². The van der Waals surface area contributed by atoms with Crippen molar-refractivity contribution in [1.82, 2.24) is 9.97 Å². The van der Waals surface area contributed by atoms with Gasteiger partial charge in [-0.1, -0.05) is 32.0 Å². The summed E-state index contributed by atoms with van der Waals surface area (Å²) in [6.45, 7) is 4.40. The zero-order valence-electron chi connectivity index (χ0n) is 10.0. The molecule has 0 unspecified atom stereocenters. The van der Waals surface area contributed by atoms with Crippen LogP contribution in [0, 0.1) is 0 Å². The molecule has 2 heteroatoms. The first kappa shape index (κ1) is 10.2. The maximum atomic E-state index is 4.49. The normalized spacial score (nSPS) is 11.5. The molecule has 0 fully saturated rings. The summed E-state index contributed by atoms with van der Waals surface area (Å²) in [7, 11) is 0. The van der Waals surface area contributed by atoms with Crippen LogP contribution in [0.25, 0.3) is 21.8 Å². The summed E-state index contributed by atoms with van der Waals surface area (Å²) in [5.41, 5.74) is 3.34. The van der Waals surface area contributed by atoms with Crippen LogP contribution in [0.5, 0.6) is 0 Å². The second-order valence-electron chi connectivity index (χ2n) is 4.63. The van der Waals surface area contributed by atoms with E-state index in [1.54, 1.807) is 6.20 Å². The minimum absolute atomic E-state index is 0.533. The van der Waals surface area contributed by atoms with Crippen molar-refractivity contribution in [3.63, 3.8) is 0 Å². The predicted octanol–water partition coefficient (Wildman–Crippen LogP) is 3.91. The summed E-state index contributed by atoms with van der Waals surface area (Å²) in [4.78, 5) is 8.82.